The van der Waals surface area contributed by atoms with Gasteiger partial charge in [-0.3, -0.25) is 53.1 Å². The molecule has 7 aromatic rings. The summed E-state index contributed by atoms with van der Waals surface area (Å²) >= 11 is 20.4. The smallest absolute Gasteiger partial charge is 0.349 e. The summed E-state index contributed by atoms with van der Waals surface area (Å²) in [6.45, 7) is 5.63. The number of aromatic hydroxyl groups is 3. The number of rotatable bonds is 21. The van der Waals surface area contributed by atoms with Crippen molar-refractivity contribution in [2.45, 2.75) is 163 Å². The van der Waals surface area contributed by atoms with Gasteiger partial charge in [0.05, 0.1) is 41.3 Å². The van der Waals surface area contributed by atoms with Gasteiger partial charge in [-0.25, -0.2) is 9.80 Å². The molecule has 14 rings (SSSR count). The molecule has 42 heteroatoms. The highest BCUT2D eigenvalue weighted by atomic mass is 35.5. The van der Waals surface area contributed by atoms with E-state index in [1.807, 2.05) is 13.8 Å². The van der Waals surface area contributed by atoms with E-state index in [1.54, 1.807) is 31.2 Å². The van der Waals surface area contributed by atoms with Gasteiger partial charge in [0.25, 0.3) is 5.91 Å². The van der Waals surface area contributed by atoms with E-state index in [4.69, 9.17) is 69.0 Å². The first-order valence-corrected chi connectivity index (χ1v) is 40.4. The summed E-state index contributed by atoms with van der Waals surface area (Å²) in [5.41, 5.74) is 4.31. The molecule has 666 valence electrons. The predicted molar refractivity (Wildman–Crippen MR) is 445 cm³/mol. The number of hydrogen-bond acceptors (Lipinski definition) is 29. The maximum Gasteiger partial charge on any atom is 0.349 e. The van der Waals surface area contributed by atoms with Gasteiger partial charge in [-0.2, -0.15) is 4.98 Å². The number of halogens is 3. The second-order valence-corrected chi connectivity index (χ2v) is 32.5. The Morgan fingerprint density at radius 3 is 1.99 bits per heavy atom. The minimum atomic E-state index is -2.38. The van der Waals surface area contributed by atoms with Crippen LogP contribution in [0.25, 0.3) is 17.2 Å². The summed E-state index contributed by atoms with van der Waals surface area (Å²) in [7, 11) is 4.29. The number of anilines is 1. The number of likely N-dealkylation sites (N-methyl/N-ethyl adjacent to an activating group) is 1. The first-order chi connectivity index (χ1) is 59.3. The minimum Gasteiger partial charge on any atom is -0.508 e. The van der Waals surface area contributed by atoms with Crippen LogP contribution >= 0.6 is 34.8 Å². The fourth-order valence-corrected chi connectivity index (χ4v) is 15.6. The van der Waals surface area contributed by atoms with Gasteiger partial charge in [-0.15, -0.1) is 0 Å². The molecule has 11 bridgehead atoms. The second-order valence-electron chi connectivity index (χ2n) is 31.2. The summed E-state index contributed by atoms with van der Waals surface area (Å²) in [6, 6.07) is 7.98. The van der Waals surface area contributed by atoms with Crippen LogP contribution in [0.5, 0.6) is 46.0 Å². The monoisotopic (exact) mass is 1790 g/mol. The molecule has 0 aliphatic carbocycles. The number of ether oxygens (including phenoxy) is 6. The molecule has 2 fully saturated rings. The van der Waals surface area contributed by atoms with Crippen LogP contribution in [0.4, 0.5) is 5.82 Å². The first kappa shape index (κ1) is 92.5. The topological polar surface area (TPSA) is 576 Å². The zero-order chi connectivity index (χ0) is 90.5. The Balaban J connectivity index is 0.998. The van der Waals surface area contributed by atoms with Crippen molar-refractivity contribution in [2.75, 3.05) is 39.6 Å². The van der Waals surface area contributed by atoms with Crippen molar-refractivity contribution in [2.24, 2.45) is 11.7 Å². The largest absolute Gasteiger partial charge is 0.508 e. The average molecular weight is 1790 g/mol. The van der Waals surface area contributed by atoms with E-state index in [2.05, 4.69) is 58.3 Å². The fourth-order valence-electron chi connectivity index (χ4n) is 15.0. The molecular formula is C83H93Cl3N14O25. The molecule has 39 nitrogen and oxygen atoms in total. The van der Waals surface area contributed by atoms with Crippen molar-refractivity contribution in [3.63, 3.8) is 0 Å². The lowest BCUT2D eigenvalue weighted by Gasteiger charge is -2.48. The molecule has 7 aliphatic rings. The number of carbonyl (C=O) groups is 9. The van der Waals surface area contributed by atoms with E-state index in [0.717, 1.165) is 60.7 Å². The normalized spacial score (nSPS) is 26.0. The molecule has 2 saturated heterocycles. The highest BCUT2D eigenvalue weighted by Crippen LogP contribution is 2.50. The molecule has 9 amide bonds. The summed E-state index contributed by atoms with van der Waals surface area (Å²) in [4.78, 5) is 150. The molecule has 125 heavy (non-hydrogen) atoms. The molecule has 21 N–H and O–H groups in total. The van der Waals surface area contributed by atoms with Crippen LogP contribution in [0, 0.1) is 5.92 Å². The number of aromatic nitrogens is 2. The Labute approximate surface area is 727 Å². The zero-order valence-corrected chi connectivity index (χ0v) is 70.1. The Kier molecular flexibility index (Phi) is 29.1. The zero-order valence-electron chi connectivity index (χ0n) is 67.9. The van der Waals surface area contributed by atoms with Crippen LogP contribution in [0.15, 0.2) is 126 Å². The van der Waals surface area contributed by atoms with E-state index in [1.165, 1.54) is 80.3 Å². The number of primary amides is 1. The van der Waals surface area contributed by atoms with Gasteiger partial charge >= 0.3 is 5.69 Å². The van der Waals surface area contributed by atoms with Crippen LogP contribution < -0.4 is 78.9 Å². The van der Waals surface area contributed by atoms with Crippen molar-refractivity contribution in [1.29, 1.82) is 0 Å². The van der Waals surface area contributed by atoms with Crippen LogP contribution in [-0.2, 0) is 63.9 Å². The maximum absolute atomic E-state index is 16.3. The standard InChI is InChI=1S/C83H93Cl3N14O25/c1-35(2)24-48(88-5)74(112)96-65-67(107)39-12-17-52(46(85)26-39)121-54-28-41-29-55(71(54)125-81-72(70(110)69(109)56(34-101)123-81)124-60-33-83(4,73(111)36(3)120-60)89-21-23-100-22-20-58(92-82(100)119)91-59(106)19-10-37-8-14-42(84)15-9-37)122-53-18-13-40(27-47(53)86)68(108)66-79(117)95-64(80(118)98-99(6)7)45-30-43(102)31-51(104)61(45)44-25-38(11-16-50(44)103)62(76(114)97-66)94-77(115)63(41)93-75(113)49(32-57(87)105)90-78(65)116/h8-20,22,25-31,35-36,48-49,56,60,62-70,72-73,81,88-89,101-104,107-111H,21,23-24,32-34H2,1-7H3,(H2,87,105)(H,90,116)(H,93,113)(H,94,115)(H,95,117)(H,96,112)(H,97,114)(H,98,118)(H,91,92,106,119)/b19-10+/t36-,48+,49-,56+,60-,62+,63+,64+,65+,66-,67+,68+,69+,70-,72+,73+,81-,83-/m0/s1. The summed E-state index contributed by atoms with van der Waals surface area (Å²) < 4.78 is 40.7. The third kappa shape index (κ3) is 21.3. The van der Waals surface area contributed by atoms with E-state index in [9.17, 15) is 69.9 Å². The van der Waals surface area contributed by atoms with Gasteiger partial charge in [0.15, 0.2) is 23.9 Å². The lowest BCUT2D eigenvalue weighted by molar-refractivity contribution is -0.334. The van der Waals surface area contributed by atoms with Crippen molar-refractivity contribution < 1.29 is 118 Å². The number of benzene rings is 6. The first-order valence-electron chi connectivity index (χ1n) is 39.3. The van der Waals surface area contributed by atoms with Crippen LogP contribution in [0.3, 0.4) is 0 Å². The number of phenols is 3. The number of hydrazine groups is 1. The van der Waals surface area contributed by atoms with E-state index < -0.39 is 243 Å². The molecular weight excluding hydrogens is 1700 g/mol. The molecule has 18 atom stereocenters. The second kappa shape index (κ2) is 39.3. The van der Waals surface area contributed by atoms with E-state index >= 15 is 24.0 Å². The average Bonchev–Trinajstić information content (AvgIpc) is 0.766. The Morgan fingerprint density at radius 2 is 1.37 bits per heavy atom. The molecule has 0 radical (unpaired) electrons. The summed E-state index contributed by atoms with van der Waals surface area (Å²) in [6.07, 6.45) is -15.3. The number of carbonyl (C=O) groups excluding carboxylic acids is 9. The van der Waals surface area contributed by atoms with Crippen LogP contribution in [0.1, 0.15) is 111 Å². The Hall–Kier alpha value is -11.6. The number of nitrogens with one attached hydrogen (secondary N) is 10. The van der Waals surface area contributed by atoms with Crippen LogP contribution in [-0.4, -0.2) is 227 Å². The van der Waals surface area contributed by atoms with Gasteiger partial charge in [0.2, 0.25) is 59.3 Å². The number of nitrogens with two attached hydrogens (primary N) is 1. The van der Waals surface area contributed by atoms with E-state index in [-0.39, 0.29) is 70.7 Å². The van der Waals surface area contributed by atoms with Gasteiger partial charge in [-0.05, 0) is 145 Å². The fraction of sp³-hybridized carbons (Fsp3) is 0.386. The lowest BCUT2D eigenvalue weighted by atomic mass is 9.85. The van der Waals surface area contributed by atoms with Crippen molar-refractivity contribution in [3.8, 4) is 57.1 Å². The lowest BCUT2D eigenvalue weighted by Crippen LogP contribution is -2.65. The molecule has 8 heterocycles. The quantitative estimate of drug-likeness (QED) is 0.0360. The van der Waals surface area contributed by atoms with Crippen molar-refractivity contribution in [1.82, 2.24) is 62.5 Å². The number of fused-ring (bicyclic) bond motifs is 15. The van der Waals surface area contributed by atoms with Gasteiger partial charge in [-0.1, -0.05) is 79.0 Å². The number of hydrogen-bond donors (Lipinski definition) is 20. The molecule has 0 unspecified atom stereocenters. The summed E-state index contributed by atoms with van der Waals surface area (Å²) in [5, 5.41) is 131. The van der Waals surface area contributed by atoms with Crippen molar-refractivity contribution in [3.05, 3.63) is 180 Å². The molecule has 1 aromatic heterocycles. The highest BCUT2D eigenvalue weighted by Gasteiger charge is 2.52. The van der Waals surface area contributed by atoms with Gasteiger partial charge in [0, 0.05) is 73.6 Å². The SMILES string of the molecule is CN[C@H](CC(C)C)C(=O)N[C@H]1C(=O)N[C@@H](CC(N)=O)C(=O)N[C@H]2C(=O)N[C@H]3C(=O)N[C@H](C(=O)N[C@@H](C(=O)NN(C)C)c4cc(O)cc(O)c4-c4cc3ccc4O)[C@H](O)c3ccc(c(Cl)c3)Oc3cc2cc(c3O[C@@H]2O[C@H](CO)[C@@H](O)[C@H](O)[C@H]2O[C@H]2C[C@](C)(NCCn3ccc(NC(=O)/C=C/c4ccc(Cl)cc4)nc3=O)[C@H](O)[C@H](C)O2)Oc2ccc(cc2Cl)[C@H]1O. The molecule has 0 spiro atoms. The van der Waals surface area contributed by atoms with Gasteiger partial charge < -0.3 is 128 Å². The van der Waals surface area contributed by atoms with Crippen molar-refractivity contribution >= 4 is 99.9 Å². The third-order valence-electron chi connectivity index (χ3n) is 21.4. The number of amides is 9. The third-order valence-corrected chi connectivity index (χ3v) is 22.2. The molecule has 7 aliphatic heterocycles. The molecule has 0 saturated carbocycles. The Bertz CT molecular complexity index is 5380. The minimum absolute atomic E-state index is 0.0314. The van der Waals surface area contributed by atoms with Gasteiger partial charge in [0.1, 0.15) is 101 Å². The maximum atomic E-state index is 16.3. The van der Waals surface area contributed by atoms with E-state index in [0.29, 0.717) is 10.6 Å². The van der Waals surface area contributed by atoms with Crippen LogP contribution in [0.2, 0.25) is 15.1 Å². The Morgan fingerprint density at radius 1 is 0.728 bits per heavy atom. The number of phenolic OH excluding ortho intramolecular Hbond substituents is 3. The summed E-state index contributed by atoms with van der Waals surface area (Å²) in [5.74, 6) is -15.8. The molecule has 6 aromatic carbocycles. The predicted octanol–water partition coefficient (Wildman–Crippen LogP) is 1.81. The number of nitrogens with zero attached hydrogens (tertiary/aromatic N) is 3. The number of aliphatic hydroxyl groups is 6. The highest BCUT2D eigenvalue weighted by molar-refractivity contribution is 6.32. The number of aliphatic hydroxyl groups excluding tert-OH is 6.